The van der Waals surface area contributed by atoms with Crippen molar-refractivity contribution >= 4 is 28.6 Å². The summed E-state index contributed by atoms with van der Waals surface area (Å²) in [4.78, 5) is 11.7. The van der Waals surface area contributed by atoms with Crippen LogP contribution in [0.15, 0.2) is 21.8 Å². The first-order valence-corrected chi connectivity index (χ1v) is 10.5. The smallest absolute Gasteiger partial charge is 0.356 e. The Kier molecular flexibility index (Phi) is 6.72. The number of alkyl halides is 3. The Balaban J connectivity index is 1.36. The average Bonchev–Trinajstić information content (AvgIpc) is 3.28. The fraction of sp³-hybridized carbons (Fsp3) is 0.529. The van der Waals surface area contributed by atoms with E-state index in [1.165, 1.54) is 10.4 Å². The predicted molar refractivity (Wildman–Crippen MR) is 103 cm³/mol. The maximum absolute atomic E-state index is 12.6. The molecule has 0 unspecified atom stereocenters. The SMILES string of the molecule is CN=C(NCCc1nc(C(F)(F)F)cs1)NCCN1CCc2sccc2C1. The van der Waals surface area contributed by atoms with Crippen LogP contribution in [0.2, 0.25) is 0 Å². The summed E-state index contributed by atoms with van der Waals surface area (Å²) in [7, 11) is 1.68. The van der Waals surface area contributed by atoms with Gasteiger partial charge in [0.15, 0.2) is 11.7 Å². The summed E-state index contributed by atoms with van der Waals surface area (Å²) in [5.74, 6) is 0.649. The third-order valence-electron chi connectivity index (χ3n) is 4.30. The minimum absolute atomic E-state index is 0.425. The molecule has 0 saturated carbocycles. The maximum atomic E-state index is 12.6. The minimum atomic E-state index is -4.38. The van der Waals surface area contributed by atoms with Crippen molar-refractivity contribution in [2.24, 2.45) is 4.99 Å². The lowest BCUT2D eigenvalue weighted by atomic mass is 10.1. The van der Waals surface area contributed by atoms with Crippen molar-refractivity contribution in [1.82, 2.24) is 20.5 Å². The first kappa shape index (κ1) is 20.1. The molecule has 2 N–H and O–H groups in total. The van der Waals surface area contributed by atoms with Gasteiger partial charge in [-0.3, -0.25) is 9.89 Å². The number of aromatic nitrogens is 1. The second-order valence-electron chi connectivity index (χ2n) is 6.20. The number of nitrogens with one attached hydrogen (secondary N) is 2. The number of thiophene rings is 1. The minimum Gasteiger partial charge on any atom is -0.356 e. The Morgan fingerprint density at radius 2 is 2.11 bits per heavy atom. The number of halogens is 3. The number of hydrogen-bond donors (Lipinski definition) is 2. The van der Waals surface area contributed by atoms with Crippen molar-refractivity contribution in [2.75, 3.05) is 33.2 Å². The van der Waals surface area contributed by atoms with Gasteiger partial charge in [0.25, 0.3) is 0 Å². The Morgan fingerprint density at radius 3 is 2.85 bits per heavy atom. The standard InChI is InChI=1S/C17H22F3N5S2/c1-21-16(22-5-2-15-24-14(11-27-15)17(18,19)20)23-6-8-25-7-3-13-12(10-25)4-9-26-13/h4,9,11H,2-3,5-8,10H2,1H3,(H2,21,22,23). The van der Waals surface area contributed by atoms with E-state index in [9.17, 15) is 13.2 Å². The van der Waals surface area contributed by atoms with Crippen molar-refractivity contribution in [3.8, 4) is 0 Å². The summed E-state index contributed by atoms with van der Waals surface area (Å²) in [6, 6.07) is 2.20. The molecule has 0 radical (unpaired) electrons. The van der Waals surface area contributed by atoms with Gasteiger partial charge in [-0.1, -0.05) is 0 Å². The molecule has 0 spiro atoms. The zero-order chi connectivity index (χ0) is 19.3. The Labute approximate surface area is 164 Å². The lowest BCUT2D eigenvalue weighted by Crippen LogP contribution is -2.43. The molecule has 1 aliphatic rings. The molecule has 0 bridgehead atoms. The molecule has 1 aliphatic heterocycles. The van der Waals surface area contributed by atoms with E-state index >= 15 is 0 Å². The van der Waals surface area contributed by atoms with Gasteiger partial charge in [0.1, 0.15) is 0 Å². The van der Waals surface area contributed by atoms with E-state index in [4.69, 9.17) is 0 Å². The van der Waals surface area contributed by atoms with Crippen LogP contribution in [0.4, 0.5) is 13.2 Å². The van der Waals surface area contributed by atoms with E-state index in [-0.39, 0.29) is 0 Å². The van der Waals surface area contributed by atoms with Crippen molar-refractivity contribution in [3.63, 3.8) is 0 Å². The first-order valence-electron chi connectivity index (χ1n) is 8.69. The molecule has 0 amide bonds. The molecule has 0 aliphatic carbocycles. The van der Waals surface area contributed by atoms with E-state index < -0.39 is 11.9 Å². The average molecular weight is 418 g/mol. The molecule has 2 aromatic heterocycles. The first-order chi connectivity index (χ1) is 13.0. The van der Waals surface area contributed by atoms with E-state index in [0.29, 0.717) is 23.9 Å². The van der Waals surface area contributed by atoms with Crippen LogP contribution in [0.1, 0.15) is 21.1 Å². The van der Waals surface area contributed by atoms with Gasteiger partial charge in [0, 0.05) is 56.4 Å². The third kappa shape index (κ3) is 5.66. The van der Waals surface area contributed by atoms with Crippen molar-refractivity contribution in [2.45, 2.75) is 25.6 Å². The van der Waals surface area contributed by atoms with Crippen LogP contribution in [-0.4, -0.2) is 49.1 Å². The molecule has 3 rings (SSSR count). The maximum Gasteiger partial charge on any atom is 0.434 e. The van der Waals surface area contributed by atoms with Crippen LogP contribution in [0.5, 0.6) is 0 Å². The molecule has 3 heterocycles. The topological polar surface area (TPSA) is 52.6 Å². The Morgan fingerprint density at radius 1 is 1.30 bits per heavy atom. The monoisotopic (exact) mass is 417 g/mol. The number of rotatable bonds is 6. The third-order valence-corrected chi connectivity index (χ3v) is 6.24. The molecule has 0 atom stereocenters. The fourth-order valence-corrected chi connectivity index (χ4v) is 4.59. The van der Waals surface area contributed by atoms with E-state index in [0.717, 1.165) is 49.3 Å². The van der Waals surface area contributed by atoms with Gasteiger partial charge in [0.2, 0.25) is 0 Å². The van der Waals surface area contributed by atoms with E-state index in [2.05, 4.69) is 37.0 Å². The summed E-state index contributed by atoms with van der Waals surface area (Å²) in [5, 5.41) is 10.0. The van der Waals surface area contributed by atoms with Crippen LogP contribution in [0.25, 0.3) is 0 Å². The molecule has 2 aromatic rings. The second-order valence-corrected chi connectivity index (χ2v) is 8.14. The lowest BCUT2D eigenvalue weighted by molar-refractivity contribution is -0.140. The number of hydrogen-bond acceptors (Lipinski definition) is 5. The van der Waals surface area contributed by atoms with Gasteiger partial charge in [0.05, 0.1) is 5.01 Å². The highest BCUT2D eigenvalue weighted by molar-refractivity contribution is 7.10. The zero-order valence-electron chi connectivity index (χ0n) is 15.0. The van der Waals surface area contributed by atoms with Crippen LogP contribution in [0, 0.1) is 0 Å². The lowest BCUT2D eigenvalue weighted by Gasteiger charge is -2.27. The van der Waals surface area contributed by atoms with Crippen LogP contribution in [-0.2, 0) is 25.6 Å². The van der Waals surface area contributed by atoms with Crippen LogP contribution >= 0.6 is 22.7 Å². The molecular formula is C17H22F3N5S2. The van der Waals surface area contributed by atoms with Crippen molar-refractivity contribution in [1.29, 1.82) is 0 Å². The van der Waals surface area contributed by atoms with Crippen LogP contribution in [0.3, 0.4) is 0 Å². The molecule has 0 aromatic carbocycles. The summed E-state index contributed by atoms with van der Waals surface area (Å²) in [5.41, 5.74) is 0.607. The molecular weight excluding hydrogens is 395 g/mol. The largest absolute Gasteiger partial charge is 0.434 e. The predicted octanol–water partition coefficient (Wildman–Crippen LogP) is 2.99. The zero-order valence-corrected chi connectivity index (χ0v) is 16.6. The van der Waals surface area contributed by atoms with Crippen molar-refractivity contribution in [3.05, 3.63) is 38.0 Å². The number of guanidine groups is 1. The summed E-state index contributed by atoms with van der Waals surface area (Å²) >= 11 is 2.86. The molecule has 10 heteroatoms. The fourth-order valence-electron chi connectivity index (χ4n) is 2.89. The second kappa shape index (κ2) is 9.03. The van der Waals surface area contributed by atoms with Gasteiger partial charge in [-0.25, -0.2) is 4.98 Å². The Bertz CT molecular complexity index is 769. The summed E-state index contributed by atoms with van der Waals surface area (Å²) in [6.45, 7) is 4.20. The molecule has 0 fully saturated rings. The van der Waals surface area contributed by atoms with E-state index in [1.807, 2.05) is 11.3 Å². The van der Waals surface area contributed by atoms with Crippen LogP contribution < -0.4 is 10.6 Å². The van der Waals surface area contributed by atoms with Gasteiger partial charge >= 0.3 is 6.18 Å². The molecule has 148 valence electrons. The highest BCUT2D eigenvalue weighted by Crippen LogP contribution is 2.30. The summed E-state index contributed by atoms with van der Waals surface area (Å²) < 4.78 is 37.7. The Hall–Kier alpha value is -1.65. The van der Waals surface area contributed by atoms with E-state index in [1.54, 1.807) is 7.05 Å². The molecule has 27 heavy (non-hydrogen) atoms. The quantitative estimate of drug-likeness (QED) is 0.561. The number of nitrogens with zero attached hydrogens (tertiary/aromatic N) is 3. The normalized spacial score (nSPS) is 15.6. The van der Waals surface area contributed by atoms with Crippen molar-refractivity contribution < 1.29 is 13.2 Å². The number of aliphatic imine (C=N–C) groups is 1. The van der Waals surface area contributed by atoms with Gasteiger partial charge in [-0.2, -0.15) is 13.2 Å². The van der Waals surface area contributed by atoms with Gasteiger partial charge < -0.3 is 10.6 Å². The molecule has 0 saturated heterocycles. The summed E-state index contributed by atoms with van der Waals surface area (Å²) in [6.07, 6.45) is -2.85. The highest BCUT2D eigenvalue weighted by atomic mass is 32.1. The number of thiazole rings is 1. The molecule has 5 nitrogen and oxygen atoms in total. The number of fused-ring (bicyclic) bond motifs is 1. The van der Waals surface area contributed by atoms with Gasteiger partial charge in [-0.15, -0.1) is 22.7 Å². The highest BCUT2D eigenvalue weighted by Gasteiger charge is 2.33. The van der Waals surface area contributed by atoms with Gasteiger partial charge in [-0.05, 0) is 23.4 Å².